The SMILES string of the molecule is COc1cc(C)c(O)c(C/C=C(\C)C[C@]23O[C@H](C[C@@]4(O)[C@@H]2[C@]2(C)CCC[C@@]24C)C(C)(C)O3)c1. The van der Waals surface area contributed by atoms with E-state index in [1.165, 1.54) is 0 Å². The molecular weight excluding hydrogens is 416 g/mol. The number of aliphatic hydroxyl groups is 1. The first-order valence-corrected chi connectivity index (χ1v) is 12.4. The molecule has 1 aromatic rings. The molecule has 0 spiro atoms. The van der Waals surface area contributed by atoms with E-state index in [0.717, 1.165) is 41.7 Å². The molecule has 5 heteroatoms. The fraction of sp³-hybridized carbons (Fsp3) is 0.714. The number of methoxy groups -OCH3 is 1. The van der Waals surface area contributed by atoms with E-state index < -0.39 is 17.0 Å². The zero-order valence-electron chi connectivity index (χ0n) is 21.2. The molecule has 0 amide bonds. The maximum atomic E-state index is 12.1. The summed E-state index contributed by atoms with van der Waals surface area (Å²) in [5.41, 5.74) is 1.54. The van der Waals surface area contributed by atoms with Gasteiger partial charge in [-0.2, -0.15) is 0 Å². The molecule has 4 fully saturated rings. The predicted octanol–water partition coefficient (Wildman–Crippen LogP) is 5.44. The number of ether oxygens (including phenoxy) is 3. The van der Waals surface area contributed by atoms with Crippen LogP contribution in [-0.4, -0.2) is 40.4 Å². The van der Waals surface area contributed by atoms with Gasteiger partial charge >= 0.3 is 0 Å². The Morgan fingerprint density at radius 2 is 1.94 bits per heavy atom. The Morgan fingerprint density at radius 3 is 2.64 bits per heavy atom. The van der Waals surface area contributed by atoms with Gasteiger partial charge in [0.15, 0.2) is 5.79 Å². The van der Waals surface area contributed by atoms with Gasteiger partial charge < -0.3 is 24.4 Å². The van der Waals surface area contributed by atoms with Crippen LogP contribution in [0.2, 0.25) is 0 Å². The number of rotatable bonds is 5. The number of phenols is 1. The molecule has 2 heterocycles. The lowest BCUT2D eigenvalue weighted by Gasteiger charge is -2.74. The summed E-state index contributed by atoms with van der Waals surface area (Å²) in [7, 11) is 1.64. The van der Waals surface area contributed by atoms with Gasteiger partial charge in [0, 0.05) is 29.7 Å². The number of allylic oxidation sites excluding steroid dienone is 1. The van der Waals surface area contributed by atoms with Crippen molar-refractivity contribution < 1.29 is 24.4 Å². The molecule has 6 atom stereocenters. The fourth-order valence-electron chi connectivity index (χ4n) is 8.13. The monoisotopic (exact) mass is 456 g/mol. The molecule has 4 aliphatic rings. The molecule has 2 bridgehead atoms. The average molecular weight is 457 g/mol. The normalized spacial score (nSPS) is 43.1. The van der Waals surface area contributed by atoms with Crippen LogP contribution in [0, 0.1) is 23.7 Å². The van der Waals surface area contributed by atoms with Crippen LogP contribution in [0.15, 0.2) is 23.8 Å². The molecule has 2 saturated carbocycles. The van der Waals surface area contributed by atoms with Crippen molar-refractivity contribution in [3.05, 3.63) is 34.9 Å². The third-order valence-electron chi connectivity index (χ3n) is 9.98. The van der Waals surface area contributed by atoms with Crippen molar-refractivity contribution in [3.63, 3.8) is 0 Å². The number of hydrogen-bond donors (Lipinski definition) is 2. The third kappa shape index (κ3) is 2.88. The largest absolute Gasteiger partial charge is 0.507 e. The molecule has 5 rings (SSSR count). The van der Waals surface area contributed by atoms with Crippen molar-refractivity contribution in [1.29, 1.82) is 0 Å². The first kappa shape index (κ1) is 23.2. The number of fused-ring (bicyclic) bond motifs is 7. The van der Waals surface area contributed by atoms with Crippen LogP contribution in [-0.2, 0) is 15.9 Å². The van der Waals surface area contributed by atoms with E-state index >= 15 is 0 Å². The van der Waals surface area contributed by atoms with Crippen LogP contribution >= 0.6 is 0 Å². The number of aromatic hydroxyl groups is 1. The third-order valence-corrected chi connectivity index (χ3v) is 9.98. The topological polar surface area (TPSA) is 68.2 Å². The van der Waals surface area contributed by atoms with Crippen LogP contribution < -0.4 is 4.74 Å². The van der Waals surface area contributed by atoms with Gasteiger partial charge in [-0.15, -0.1) is 0 Å². The van der Waals surface area contributed by atoms with E-state index in [9.17, 15) is 10.2 Å². The lowest BCUT2D eigenvalue weighted by atomic mass is 9.34. The summed E-state index contributed by atoms with van der Waals surface area (Å²) in [4.78, 5) is 0. The highest BCUT2D eigenvalue weighted by molar-refractivity contribution is 5.46. The van der Waals surface area contributed by atoms with Crippen LogP contribution in [0.25, 0.3) is 0 Å². The Labute approximate surface area is 198 Å². The lowest BCUT2D eigenvalue weighted by Crippen LogP contribution is -2.80. The number of benzene rings is 1. The van der Waals surface area contributed by atoms with E-state index in [-0.39, 0.29) is 22.9 Å². The zero-order valence-corrected chi connectivity index (χ0v) is 21.2. The van der Waals surface area contributed by atoms with Crippen molar-refractivity contribution >= 4 is 0 Å². The molecule has 2 aliphatic heterocycles. The molecule has 33 heavy (non-hydrogen) atoms. The summed E-state index contributed by atoms with van der Waals surface area (Å²) in [6.07, 6.45) is 7.24. The van der Waals surface area contributed by atoms with Crippen LogP contribution in [0.1, 0.15) is 77.8 Å². The van der Waals surface area contributed by atoms with Gasteiger partial charge in [0.25, 0.3) is 0 Å². The number of phenolic OH excluding ortho intramolecular Hbond substituents is 1. The van der Waals surface area contributed by atoms with E-state index in [0.29, 0.717) is 25.0 Å². The quantitative estimate of drug-likeness (QED) is 0.578. The maximum Gasteiger partial charge on any atom is 0.179 e. The Hall–Kier alpha value is -1.56. The number of hydrogen-bond acceptors (Lipinski definition) is 5. The number of aryl methyl sites for hydroxylation is 1. The van der Waals surface area contributed by atoms with Gasteiger partial charge in [0.1, 0.15) is 11.5 Å². The van der Waals surface area contributed by atoms with E-state index in [1.807, 2.05) is 19.1 Å². The lowest BCUT2D eigenvalue weighted by molar-refractivity contribution is -0.407. The van der Waals surface area contributed by atoms with Crippen molar-refractivity contribution in [2.24, 2.45) is 16.7 Å². The summed E-state index contributed by atoms with van der Waals surface area (Å²) in [5, 5.41) is 22.7. The minimum atomic E-state index is -0.813. The van der Waals surface area contributed by atoms with Gasteiger partial charge in [-0.3, -0.25) is 0 Å². The van der Waals surface area contributed by atoms with E-state index in [2.05, 4.69) is 40.7 Å². The molecule has 0 unspecified atom stereocenters. The van der Waals surface area contributed by atoms with Gasteiger partial charge in [-0.05, 0) is 70.1 Å². The highest BCUT2D eigenvalue weighted by atomic mass is 16.8. The molecular formula is C28H40O5. The summed E-state index contributed by atoms with van der Waals surface area (Å²) < 4.78 is 18.9. The van der Waals surface area contributed by atoms with Crippen LogP contribution in [0.4, 0.5) is 0 Å². The Balaban J connectivity index is 1.46. The second kappa shape index (κ2) is 6.99. The van der Waals surface area contributed by atoms with Crippen LogP contribution in [0.3, 0.4) is 0 Å². The van der Waals surface area contributed by atoms with Gasteiger partial charge in [0.05, 0.1) is 24.4 Å². The highest BCUT2D eigenvalue weighted by Gasteiger charge is 2.85. The molecule has 2 saturated heterocycles. The Bertz CT molecular complexity index is 1010. The summed E-state index contributed by atoms with van der Waals surface area (Å²) >= 11 is 0. The Kier molecular flexibility index (Phi) is 4.91. The second-order valence-electron chi connectivity index (χ2n) is 12.2. The first-order chi connectivity index (χ1) is 15.3. The standard InChI is InChI=1S/C28H40O5/c1-17(9-10-19-14-20(31-7)13-18(2)22(19)29)15-28-23-25(5)11-8-12-26(25,6)27(23,30)16-21(32-28)24(3,4)33-28/h9,13-14,21,23,29-30H,8,10-12,15-16H2,1-7H3/b17-9+/t21-,23+,25+,26+,27-,28-/m1/s1. The van der Waals surface area contributed by atoms with Gasteiger partial charge in [-0.25, -0.2) is 0 Å². The molecule has 0 radical (unpaired) electrons. The predicted molar refractivity (Wildman–Crippen MR) is 127 cm³/mol. The Morgan fingerprint density at radius 1 is 1.21 bits per heavy atom. The smallest absolute Gasteiger partial charge is 0.179 e. The summed E-state index contributed by atoms with van der Waals surface area (Å²) in [5.74, 6) is 0.205. The molecule has 1 aromatic carbocycles. The van der Waals surface area contributed by atoms with Crippen molar-refractivity contribution in [2.75, 3.05) is 7.11 Å². The second-order valence-corrected chi connectivity index (χ2v) is 12.2. The van der Waals surface area contributed by atoms with Crippen molar-refractivity contribution in [3.8, 4) is 11.5 Å². The summed E-state index contributed by atoms with van der Waals surface area (Å²) in [6.45, 7) is 12.8. The maximum absolute atomic E-state index is 12.1. The van der Waals surface area contributed by atoms with E-state index in [4.69, 9.17) is 14.2 Å². The average Bonchev–Trinajstić information content (AvgIpc) is 3.11. The summed E-state index contributed by atoms with van der Waals surface area (Å²) in [6, 6.07) is 3.73. The first-order valence-electron chi connectivity index (χ1n) is 12.4. The van der Waals surface area contributed by atoms with Crippen LogP contribution in [0.5, 0.6) is 11.5 Å². The van der Waals surface area contributed by atoms with Gasteiger partial charge in [0.2, 0.25) is 0 Å². The molecule has 0 aromatic heterocycles. The zero-order chi connectivity index (χ0) is 24.0. The molecule has 2 N–H and O–H groups in total. The molecule has 2 aliphatic carbocycles. The fourth-order valence-corrected chi connectivity index (χ4v) is 8.13. The molecule has 5 nitrogen and oxygen atoms in total. The minimum absolute atomic E-state index is 0.00952. The molecule has 182 valence electrons. The van der Waals surface area contributed by atoms with Gasteiger partial charge in [-0.1, -0.05) is 31.9 Å². The van der Waals surface area contributed by atoms with Crippen molar-refractivity contribution in [1.82, 2.24) is 0 Å². The highest BCUT2D eigenvalue weighted by Crippen LogP contribution is 2.81. The van der Waals surface area contributed by atoms with E-state index in [1.54, 1.807) is 7.11 Å². The van der Waals surface area contributed by atoms with Crippen molar-refractivity contribution in [2.45, 2.75) is 103 Å². The minimum Gasteiger partial charge on any atom is -0.507 e.